The van der Waals surface area contributed by atoms with Gasteiger partial charge in [-0.2, -0.15) is 0 Å². The number of thiocarbonyl (C=S) groups is 1. The average Bonchev–Trinajstić information content (AvgIpc) is 3.20. The lowest BCUT2D eigenvalue weighted by Gasteiger charge is -2.33. The van der Waals surface area contributed by atoms with Crippen molar-refractivity contribution in [2.75, 3.05) is 36.5 Å². The molecule has 10 nitrogen and oxygen atoms in total. The van der Waals surface area contributed by atoms with Crippen LogP contribution >= 0.6 is 23.6 Å². The summed E-state index contributed by atoms with van der Waals surface area (Å²) in [4.78, 5) is 39.4. The zero-order valence-corrected chi connectivity index (χ0v) is 22.7. The highest BCUT2D eigenvalue weighted by atomic mass is 32.1. The Kier molecular flexibility index (Phi) is 7.81. The molecule has 0 radical (unpaired) electrons. The first-order valence-electron chi connectivity index (χ1n) is 12.1. The van der Waals surface area contributed by atoms with Crippen LogP contribution in [0.2, 0.25) is 0 Å². The lowest BCUT2D eigenvalue weighted by molar-refractivity contribution is -0.384. The summed E-state index contributed by atoms with van der Waals surface area (Å²) in [6.45, 7) is 8.67. The first kappa shape index (κ1) is 27.0. The molecule has 0 spiro atoms. The van der Waals surface area contributed by atoms with Crippen molar-refractivity contribution < 1.29 is 19.2 Å². The number of anilines is 2. The molecule has 4 N–H and O–H groups in total. The number of hydrogen-bond acceptors (Lipinski definition) is 8. The number of thiophene rings is 1. The number of carbonyl (C=O) groups is 2. The Bertz CT molecular complexity index is 1250. The standard InChI is InChI=1S/C25H31N5O5S2/c1-25(2,3)15-5-6-16-19(13-15)37-23(20(16)21(26)31)28-24(36)27-22(32)14-4-7-17(18(12-14)30(33)34)29-8-10-35-11-9-29/h4,7,12,15H,5-6,8-11,13H2,1-3H3,(H2,26,31)(H2,27,28,32,36). The van der Waals surface area contributed by atoms with Gasteiger partial charge in [-0.25, -0.2) is 0 Å². The van der Waals surface area contributed by atoms with Crippen LogP contribution in [0.5, 0.6) is 0 Å². The minimum absolute atomic E-state index is 0.0154. The van der Waals surface area contributed by atoms with E-state index in [2.05, 4.69) is 31.4 Å². The largest absolute Gasteiger partial charge is 0.378 e. The van der Waals surface area contributed by atoms with E-state index in [-0.39, 0.29) is 21.8 Å². The molecule has 2 aromatic rings. The second-order valence-corrected chi connectivity index (χ2v) is 11.9. The zero-order chi connectivity index (χ0) is 26.9. The maximum Gasteiger partial charge on any atom is 0.293 e. The van der Waals surface area contributed by atoms with Crippen LogP contribution in [0.1, 0.15) is 58.3 Å². The highest BCUT2D eigenvalue weighted by molar-refractivity contribution is 7.80. The molecular formula is C25H31N5O5S2. The van der Waals surface area contributed by atoms with Crippen molar-refractivity contribution in [3.63, 3.8) is 0 Å². The van der Waals surface area contributed by atoms with Gasteiger partial charge in [0.2, 0.25) is 0 Å². The molecule has 1 aromatic heterocycles. The molecule has 0 bridgehead atoms. The predicted octanol–water partition coefficient (Wildman–Crippen LogP) is 3.87. The van der Waals surface area contributed by atoms with E-state index in [9.17, 15) is 19.7 Å². The van der Waals surface area contributed by atoms with Crippen LogP contribution in [-0.2, 0) is 17.6 Å². The third-order valence-corrected chi connectivity index (χ3v) is 8.35. The Morgan fingerprint density at radius 3 is 2.59 bits per heavy atom. The van der Waals surface area contributed by atoms with Crippen LogP contribution in [0.15, 0.2) is 18.2 Å². The monoisotopic (exact) mass is 545 g/mol. The van der Waals surface area contributed by atoms with E-state index in [0.29, 0.717) is 48.5 Å². The molecule has 1 atom stereocenters. The highest BCUT2D eigenvalue weighted by Gasteiger charge is 2.33. The Morgan fingerprint density at radius 2 is 1.97 bits per heavy atom. The molecule has 0 saturated carbocycles. The number of hydrogen-bond donors (Lipinski definition) is 3. The number of nitro benzene ring substituents is 1. The SMILES string of the molecule is CC(C)(C)C1CCc2c(sc(NC(=S)NC(=O)c3ccc(N4CCOCC4)c([N+](=O)[O-])c3)c2C(N)=O)C1. The summed E-state index contributed by atoms with van der Waals surface area (Å²) < 4.78 is 5.32. The minimum atomic E-state index is -0.594. The Morgan fingerprint density at radius 1 is 1.27 bits per heavy atom. The number of nitrogens with zero attached hydrogens (tertiary/aromatic N) is 2. The summed E-state index contributed by atoms with van der Waals surface area (Å²) in [5.41, 5.74) is 7.59. The molecule has 37 heavy (non-hydrogen) atoms. The molecule has 2 aliphatic rings. The van der Waals surface area contributed by atoms with Gasteiger partial charge in [-0.3, -0.25) is 25.0 Å². The molecule has 1 fully saturated rings. The van der Waals surface area contributed by atoms with Gasteiger partial charge in [0.05, 0.1) is 23.7 Å². The van der Waals surface area contributed by atoms with Crippen molar-refractivity contribution in [3.05, 3.63) is 49.9 Å². The number of benzene rings is 1. The van der Waals surface area contributed by atoms with Gasteiger partial charge in [-0.1, -0.05) is 20.8 Å². The van der Waals surface area contributed by atoms with Crippen LogP contribution in [0.3, 0.4) is 0 Å². The Hall–Kier alpha value is -3.09. The lowest BCUT2D eigenvalue weighted by Crippen LogP contribution is -2.37. The number of fused-ring (bicyclic) bond motifs is 1. The van der Waals surface area contributed by atoms with E-state index in [1.54, 1.807) is 6.07 Å². The number of amides is 2. The predicted molar refractivity (Wildman–Crippen MR) is 148 cm³/mol. The van der Waals surface area contributed by atoms with Gasteiger partial charge >= 0.3 is 0 Å². The quantitative estimate of drug-likeness (QED) is 0.292. The maximum absolute atomic E-state index is 12.9. The number of rotatable bonds is 5. The molecule has 1 aromatic carbocycles. The number of nitro groups is 1. The molecule has 1 aliphatic heterocycles. The first-order chi connectivity index (χ1) is 17.5. The summed E-state index contributed by atoms with van der Waals surface area (Å²) in [7, 11) is 0. The van der Waals surface area contributed by atoms with Gasteiger partial charge in [0, 0.05) is 29.6 Å². The van der Waals surface area contributed by atoms with E-state index in [1.807, 2.05) is 4.90 Å². The molecular weight excluding hydrogens is 514 g/mol. The number of nitrogens with two attached hydrogens (primary N) is 1. The van der Waals surface area contributed by atoms with Crippen molar-refractivity contribution in [2.24, 2.45) is 17.1 Å². The van der Waals surface area contributed by atoms with Gasteiger partial charge in [0.25, 0.3) is 17.5 Å². The number of ether oxygens (including phenoxy) is 1. The smallest absolute Gasteiger partial charge is 0.293 e. The van der Waals surface area contributed by atoms with E-state index in [0.717, 1.165) is 29.7 Å². The second kappa shape index (κ2) is 10.7. The van der Waals surface area contributed by atoms with E-state index in [4.69, 9.17) is 22.7 Å². The number of nitrogens with one attached hydrogen (secondary N) is 2. The topological polar surface area (TPSA) is 140 Å². The molecule has 2 heterocycles. The van der Waals surface area contributed by atoms with Crippen molar-refractivity contribution in [3.8, 4) is 0 Å². The van der Waals surface area contributed by atoms with Crippen molar-refractivity contribution in [1.29, 1.82) is 0 Å². The summed E-state index contributed by atoms with van der Waals surface area (Å²) >= 11 is 6.78. The second-order valence-electron chi connectivity index (χ2n) is 10.3. The fraction of sp³-hybridized carbons (Fsp3) is 0.480. The summed E-state index contributed by atoms with van der Waals surface area (Å²) in [5, 5.41) is 17.7. The van der Waals surface area contributed by atoms with Gasteiger partial charge in [0.15, 0.2) is 5.11 Å². The molecule has 12 heteroatoms. The third-order valence-electron chi connectivity index (χ3n) is 6.98. The average molecular weight is 546 g/mol. The fourth-order valence-corrected chi connectivity index (χ4v) is 6.46. The fourth-order valence-electron chi connectivity index (χ4n) is 4.87. The molecule has 2 amide bonds. The van der Waals surface area contributed by atoms with Gasteiger partial charge in [-0.05, 0) is 60.5 Å². The number of primary amides is 1. The van der Waals surface area contributed by atoms with Crippen molar-refractivity contribution in [2.45, 2.75) is 40.0 Å². The number of morpholine rings is 1. The lowest BCUT2D eigenvalue weighted by atomic mass is 9.72. The van der Waals surface area contributed by atoms with Gasteiger partial charge < -0.3 is 20.7 Å². The maximum atomic E-state index is 12.9. The Labute approximate surface area is 224 Å². The zero-order valence-electron chi connectivity index (χ0n) is 21.1. The summed E-state index contributed by atoms with van der Waals surface area (Å²) in [5.74, 6) is -0.656. The molecule has 1 aliphatic carbocycles. The third kappa shape index (κ3) is 5.91. The normalized spacial score (nSPS) is 17.6. The van der Waals surface area contributed by atoms with E-state index < -0.39 is 16.7 Å². The van der Waals surface area contributed by atoms with Crippen LogP contribution < -0.4 is 21.3 Å². The molecule has 1 unspecified atom stereocenters. The molecule has 198 valence electrons. The summed E-state index contributed by atoms with van der Waals surface area (Å²) in [6, 6.07) is 4.34. The highest BCUT2D eigenvalue weighted by Crippen LogP contribution is 2.44. The van der Waals surface area contributed by atoms with Crippen molar-refractivity contribution >= 4 is 56.9 Å². The van der Waals surface area contributed by atoms with Crippen LogP contribution in [0.25, 0.3) is 0 Å². The van der Waals surface area contributed by atoms with E-state index in [1.165, 1.54) is 23.5 Å². The van der Waals surface area contributed by atoms with Gasteiger partial charge in [0.1, 0.15) is 10.7 Å². The Balaban J connectivity index is 1.50. The van der Waals surface area contributed by atoms with E-state index >= 15 is 0 Å². The van der Waals surface area contributed by atoms with Gasteiger partial charge in [-0.15, -0.1) is 11.3 Å². The van der Waals surface area contributed by atoms with Crippen LogP contribution in [-0.4, -0.2) is 48.2 Å². The minimum Gasteiger partial charge on any atom is -0.378 e. The molecule has 4 rings (SSSR count). The molecule has 1 saturated heterocycles. The number of carbonyl (C=O) groups excluding carboxylic acids is 2. The summed E-state index contributed by atoms with van der Waals surface area (Å²) in [6.07, 6.45) is 2.57. The van der Waals surface area contributed by atoms with Crippen LogP contribution in [0, 0.1) is 21.4 Å². The van der Waals surface area contributed by atoms with Crippen LogP contribution in [0.4, 0.5) is 16.4 Å². The van der Waals surface area contributed by atoms with Crippen molar-refractivity contribution in [1.82, 2.24) is 5.32 Å². The first-order valence-corrected chi connectivity index (χ1v) is 13.4.